The molecule has 1 aromatic heterocycles. The van der Waals surface area contributed by atoms with Crippen LogP contribution in [-0.2, 0) is 16.6 Å². The molecule has 12 heteroatoms. The number of benzene rings is 2. The maximum atomic E-state index is 12.8. The van der Waals surface area contributed by atoms with E-state index in [0.29, 0.717) is 12.5 Å². The van der Waals surface area contributed by atoms with Gasteiger partial charge in [0, 0.05) is 36.5 Å². The van der Waals surface area contributed by atoms with Crippen LogP contribution in [0.1, 0.15) is 22.8 Å². The van der Waals surface area contributed by atoms with Gasteiger partial charge in [-0.15, -0.1) is 0 Å². The first-order valence-corrected chi connectivity index (χ1v) is 11.5. The zero-order chi connectivity index (χ0) is 24.7. The number of nitrogens with one attached hydrogen (secondary N) is 2. The summed E-state index contributed by atoms with van der Waals surface area (Å²) in [5, 5.41) is 13.8. The number of aromatic nitrogens is 1. The molecule has 0 saturated carbocycles. The summed E-state index contributed by atoms with van der Waals surface area (Å²) in [5.41, 5.74) is 0.669. The topological polar surface area (TPSA) is 150 Å². The van der Waals surface area contributed by atoms with Crippen molar-refractivity contribution in [1.82, 2.24) is 10.3 Å². The Bertz CT molecular complexity index is 1290. The monoisotopic (exact) mass is 486 g/mol. The van der Waals surface area contributed by atoms with Crippen molar-refractivity contribution in [2.45, 2.75) is 18.4 Å². The van der Waals surface area contributed by atoms with Crippen molar-refractivity contribution >= 4 is 27.3 Å². The summed E-state index contributed by atoms with van der Waals surface area (Å²) in [6, 6.07) is 12.3. The Kier molecular flexibility index (Phi) is 7.64. The number of nitro benzene ring substituents is 1. The minimum atomic E-state index is -4.10. The molecule has 2 N–H and O–H groups in total. The number of nitro groups is 1. The molecule has 0 fully saturated rings. The van der Waals surface area contributed by atoms with E-state index in [0.717, 1.165) is 11.6 Å². The molecule has 2 aromatic carbocycles. The van der Waals surface area contributed by atoms with E-state index in [1.54, 1.807) is 18.3 Å². The fourth-order valence-electron chi connectivity index (χ4n) is 2.95. The number of carbonyl (C=O) groups is 1. The molecule has 3 aromatic rings. The Balaban J connectivity index is 1.71. The number of ether oxygens (including phenoxy) is 2. The third kappa shape index (κ3) is 5.98. The number of hydrogen-bond acceptors (Lipinski definition) is 8. The molecule has 1 heterocycles. The predicted molar refractivity (Wildman–Crippen MR) is 123 cm³/mol. The van der Waals surface area contributed by atoms with E-state index in [2.05, 4.69) is 15.0 Å². The molecule has 1 amide bonds. The Labute approximate surface area is 195 Å². The second-order valence-electron chi connectivity index (χ2n) is 6.89. The Morgan fingerprint density at radius 1 is 1.12 bits per heavy atom. The maximum absolute atomic E-state index is 12.8. The lowest BCUT2D eigenvalue weighted by Crippen LogP contribution is -2.23. The van der Waals surface area contributed by atoms with E-state index >= 15 is 0 Å². The number of amides is 1. The number of hydrogen-bond donors (Lipinski definition) is 2. The molecule has 0 unspecified atom stereocenters. The molecule has 34 heavy (non-hydrogen) atoms. The molecule has 0 aliphatic rings. The smallest absolute Gasteiger partial charge is 0.271 e. The van der Waals surface area contributed by atoms with Gasteiger partial charge in [-0.1, -0.05) is 0 Å². The number of non-ortho nitro benzene ring substituents is 1. The normalized spacial score (nSPS) is 10.9. The van der Waals surface area contributed by atoms with Crippen LogP contribution in [0.15, 0.2) is 65.7 Å². The van der Waals surface area contributed by atoms with Gasteiger partial charge in [0.1, 0.15) is 5.75 Å². The van der Waals surface area contributed by atoms with Gasteiger partial charge in [0.05, 0.1) is 29.2 Å². The summed E-state index contributed by atoms with van der Waals surface area (Å²) in [5.74, 6) is 0.178. The number of nitrogens with zero attached hydrogens (tertiary/aromatic N) is 2. The van der Waals surface area contributed by atoms with E-state index in [4.69, 9.17) is 9.47 Å². The molecule has 0 bridgehead atoms. The molecule has 0 saturated heterocycles. The van der Waals surface area contributed by atoms with Crippen molar-refractivity contribution in [1.29, 1.82) is 0 Å². The van der Waals surface area contributed by atoms with Crippen LogP contribution in [0.4, 0.5) is 11.4 Å². The van der Waals surface area contributed by atoms with Gasteiger partial charge < -0.3 is 14.8 Å². The Morgan fingerprint density at radius 2 is 1.85 bits per heavy atom. The molecule has 178 valence electrons. The number of pyridine rings is 1. The van der Waals surface area contributed by atoms with E-state index in [1.165, 1.54) is 43.5 Å². The van der Waals surface area contributed by atoms with Crippen LogP contribution in [0, 0.1) is 10.1 Å². The van der Waals surface area contributed by atoms with Crippen LogP contribution in [-0.4, -0.2) is 37.9 Å². The van der Waals surface area contributed by atoms with Crippen LogP contribution in [0.25, 0.3) is 0 Å². The maximum Gasteiger partial charge on any atom is 0.271 e. The van der Waals surface area contributed by atoms with Crippen molar-refractivity contribution in [2.75, 3.05) is 18.4 Å². The number of methoxy groups -OCH3 is 1. The molecule has 0 radical (unpaired) electrons. The summed E-state index contributed by atoms with van der Waals surface area (Å²) < 4.78 is 38.2. The summed E-state index contributed by atoms with van der Waals surface area (Å²) in [4.78, 5) is 26.8. The first-order valence-electron chi connectivity index (χ1n) is 10.0. The van der Waals surface area contributed by atoms with Crippen molar-refractivity contribution in [2.24, 2.45) is 0 Å². The molecule has 0 spiro atoms. The number of anilines is 1. The highest BCUT2D eigenvalue weighted by atomic mass is 32.2. The van der Waals surface area contributed by atoms with Crippen LogP contribution < -0.4 is 19.5 Å². The van der Waals surface area contributed by atoms with E-state index in [-0.39, 0.29) is 34.1 Å². The fourth-order valence-corrected chi connectivity index (χ4v) is 4.01. The van der Waals surface area contributed by atoms with Crippen molar-refractivity contribution in [3.8, 4) is 11.6 Å². The Hall–Kier alpha value is -4.19. The van der Waals surface area contributed by atoms with Gasteiger partial charge in [-0.3, -0.25) is 19.6 Å². The summed E-state index contributed by atoms with van der Waals surface area (Å²) in [7, 11) is -2.79. The first kappa shape index (κ1) is 24.5. The van der Waals surface area contributed by atoms with Gasteiger partial charge >= 0.3 is 0 Å². The number of rotatable bonds is 10. The third-order valence-corrected chi connectivity index (χ3v) is 5.99. The minimum absolute atomic E-state index is 0.0812. The standard InChI is InChI=1S/C22H22N4O7S/c1-3-33-21-12-15(10-11-23-21)14-24-22(27)16-4-7-18(8-5-16)34(30,31)25-19-13-17(26(28)29)6-9-20(19)32-2/h4-13,25H,3,14H2,1-2H3,(H,24,27). The lowest BCUT2D eigenvalue weighted by Gasteiger charge is -2.12. The molecule has 0 atom stereocenters. The second kappa shape index (κ2) is 10.6. The molecule has 3 rings (SSSR count). The lowest BCUT2D eigenvalue weighted by molar-refractivity contribution is -0.384. The molecular formula is C22H22N4O7S. The molecule has 0 aliphatic heterocycles. The highest BCUT2D eigenvalue weighted by Crippen LogP contribution is 2.30. The van der Waals surface area contributed by atoms with Crippen LogP contribution in [0.2, 0.25) is 0 Å². The predicted octanol–water partition coefficient (Wildman–Crippen LogP) is 3.13. The van der Waals surface area contributed by atoms with Gasteiger partial charge in [-0.25, -0.2) is 13.4 Å². The average molecular weight is 487 g/mol. The van der Waals surface area contributed by atoms with Crippen LogP contribution >= 0.6 is 0 Å². The van der Waals surface area contributed by atoms with Crippen LogP contribution in [0.5, 0.6) is 11.6 Å². The van der Waals surface area contributed by atoms with Crippen molar-refractivity contribution in [3.05, 3.63) is 82.0 Å². The molecule has 11 nitrogen and oxygen atoms in total. The SMILES string of the molecule is CCOc1cc(CNC(=O)c2ccc(S(=O)(=O)Nc3cc([N+](=O)[O-])ccc3OC)cc2)ccn1. The number of carbonyl (C=O) groups excluding carboxylic acids is 1. The van der Waals surface area contributed by atoms with E-state index in [1.807, 2.05) is 6.92 Å². The highest BCUT2D eigenvalue weighted by molar-refractivity contribution is 7.92. The van der Waals surface area contributed by atoms with E-state index in [9.17, 15) is 23.3 Å². The van der Waals surface area contributed by atoms with E-state index < -0.39 is 20.9 Å². The van der Waals surface area contributed by atoms with Gasteiger partial charge in [0.25, 0.3) is 21.6 Å². The molecular weight excluding hydrogens is 464 g/mol. The average Bonchev–Trinajstić information content (AvgIpc) is 2.83. The number of sulfonamides is 1. The first-order chi connectivity index (χ1) is 16.2. The third-order valence-electron chi connectivity index (χ3n) is 4.61. The van der Waals surface area contributed by atoms with Gasteiger partial charge in [-0.05, 0) is 48.9 Å². The zero-order valence-electron chi connectivity index (χ0n) is 18.3. The quantitative estimate of drug-likeness (QED) is 0.328. The van der Waals surface area contributed by atoms with Crippen LogP contribution in [0.3, 0.4) is 0 Å². The Morgan fingerprint density at radius 3 is 2.50 bits per heavy atom. The highest BCUT2D eigenvalue weighted by Gasteiger charge is 2.20. The van der Waals surface area contributed by atoms with Crippen molar-refractivity contribution < 1.29 is 27.6 Å². The summed E-state index contributed by atoms with van der Waals surface area (Å²) in [6.45, 7) is 2.55. The van der Waals surface area contributed by atoms with Gasteiger partial charge in [0.2, 0.25) is 5.88 Å². The largest absolute Gasteiger partial charge is 0.495 e. The zero-order valence-corrected chi connectivity index (χ0v) is 19.2. The summed E-state index contributed by atoms with van der Waals surface area (Å²) >= 11 is 0. The van der Waals surface area contributed by atoms with Crippen molar-refractivity contribution in [3.63, 3.8) is 0 Å². The van der Waals surface area contributed by atoms with Gasteiger partial charge in [-0.2, -0.15) is 0 Å². The summed E-state index contributed by atoms with van der Waals surface area (Å²) in [6.07, 6.45) is 1.58. The molecule has 0 aliphatic carbocycles. The second-order valence-corrected chi connectivity index (χ2v) is 8.57. The lowest BCUT2D eigenvalue weighted by atomic mass is 10.2. The fraction of sp³-hybridized carbons (Fsp3) is 0.182. The van der Waals surface area contributed by atoms with Gasteiger partial charge in [0.15, 0.2) is 0 Å². The minimum Gasteiger partial charge on any atom is -0.495 e.